The maximum atomic E-state index is 11.0. The van der Waals surface area contributed by atoms with Crippen LogP contribution in [-0.2, 0) is 12.8 Å². The molecule has 6 heteroatoms. The van der Waals surface area contributed by atoms with Crippen LogP contribution in [0.1, 0.15) is 25.0 Å². The van der Waals surface area contributed by atoms with Crippen molar-refractivity contribution < 1.29 is 29.5 Å². The van der Waals surface area contributed by atoms with E-state index in [4.69, 9.17) is 14.2 Å². The van der Waals surface area contributed by atoms with Gasteiger partial charge in [0.15, 0.2) is 23.0 Å². The van der Waals surface area contributed by atoms with E-state index in [2.05, 4.69) is 13.8 Å². The van der Waals surface area contributed by atoms with E-state index in [0.717, 1.165) is 11.1 Å². The highest BCUT2D eigenvalue weighted by Gasteiger charge is 2.31. The summed E-state index contributed by atoms with van der Waals surface area (Å²) in [6.45, 7) is 4.29. The van der Waals surface area contributed by atoms with Crippen molar-refractivity contribution in [1.82, 2.24) is 0 Å². The van der Waals surface area contributed by atoms with Crippen molar-refractivity contribution in [2.75, 3.05) is 21.3 Å². The fourth-order valence-corrected chi connectivity index (χ4v) is 3.89. The predicted octanol–water partition coefficient (Wildman–Crippen LogP) is 3.87. The molecule has 0 amide bonds. The maximum absolute atomic E-state index is 11.0. The average molecular weight is 374 g/mol. The molecule has 0 spiro atoms. The van der Waals surface area contributed by atoms with Crippen LogP contribution in [0.3, 0.4) is 0 Å². The van der Waals surface area contributed by atoms with Gasteiger partial charge in [0, 0.05) is 11.1 Å². The number of fused-ring (bicyclic) bond motifs is 3. The lowest BCUT2D eigenvalue weighted by atomic mass is 9.77. The molecule has 2 aromatic rings. The van der Waals surface area contributed by atoms with Crippen molar-refractivity contribution in [3.63, 3.8) is 0 Å². The Hall–Kier alpha value is -2.76. The molecule has 0 saturated carbocycles. The van der Waals surface area contributed by atoms with Crippen molar-refractivity contribution in [2.24, 2.45) is 11.8 Å². The number of phenolic OH excluding ortho intramolecular Hbond substituents is 3. The molecule has 0 radical (unpaired) electrons. The Bertz CT molecular complexity index is 874. The molecule has 0 bridgehead atoms. The zero-order chi connectivity index (χ0) is 19.9. The molecule has 146 valence electrons. The highest BCUT2D eigenvalue weighted by Crippen LogP contribution is 2.54. The molecule has 27 heavy (non-hydrogen) atoms. The van der Waals surface area contributed by atoms with Crippen molar-refractivity contribution in [2.45, 2.75) is 26.7 Å². The van der Waals surface area contributed by atoms with Gasteiger partial charge in [-0.3, -0.25) is 0 Å². The van der Waals surface area contributed by atoms with Gasteiger partial charge in [-0.2, -0.15) is 0 Å². The largest absolute Gasteiger partial charge is 0.504 e. The Morgan fingerprint density at radius 3 is 1.70 bits per heavy atom. The van der Waals surface area contributed by atoms with E-state index in [1.54, 1.807) is 6.07 Å². The molecule has 3 rings (SSSR count). The molecule has 0 aromatic heterocycles. The summed E-state index contributed by atoms with van der Waals surface area (Å²) in [6, 6.07) is 3.44. The van der Waals surface area contributed by atoms with E-state index in [1.165, 1.54) is 21.3 Å². The Morgan fingerprint density at radius 2 is 1.22 bits per heavy atom. The van der Waals surface area contributed by atoms with Crippen LogP contribution >= 0.6 is 0 Å². The van der Waals surface area contributed by atoms with E-state index >= 15 is 0 Å². The molecule has 2 aromatic carbocycles. The third kappa shape index (κ3) is 2.99. The standard InChI is InChI=1S/C21H26O6/c1-10-6-12-8-14(22)20(26-4)18(23)16(12)17-13(7-11(10)2)9-15(25-3)21(27-5)19(17)24/h8-11,22-24H,6-7H2,1-5H3/t10-,11+/m1/s1. The molecule has 0 aliphatic heterocycles. The Labute approximate surface area is 158 Å². The molecule has 0 heterocycles. The van der Waals surface area contributed by atoms with Crippen molar-refractivity contribution in [1.29, 1.82) is 0 Å². The molecule has 0 unspecified atom stereocenters. The Balaban J connectivity index is 2.44. The lowest BCUT2D eigenvalue weighted by Crippen LogP contribution is -2.17. The number of ether oxygens (including phenoxy) is 3. The highest BCUT2D eigenvalue weighted by atomic mass is 16.5. The zero-order valence-corrected chi connectivity index (χ0v) is 16.3. The highest BCUT2D eigenvalue weighted by molar-refractivity contribution is 5.87. The average Bonchev–Trinajstić information content (AvgIpc) is 2.62. The minimum Gasteiger partial charge on any atom is -0.504 e. The maximum Gasteiger partial charge on any atom is 0.203 e. The quantitative estimate of drug-likeness (QED) is 0.756. The normalized spacial score (nSPS) is 18.7. The van der Waals surface area contributed by atoms with Gasteiger partial charge in [0.1, 0.15) is 0 Å². The van der Waals surface area contributed by atoms with Crippen LogP contribution in [0.2, 0.25) is 0 Å². The first-order valence-corrected chi connectivity index (χ1v) is 8.92. The van der Waals surface area contributed by atoms with E-state index in [-0.39, 0.29) is 28.7 Å². The van der Waals surface area contributed by atoms with Crippen LogP contribution in [0.5, 0.6) is 34.5 Å². The first kappa shape index (κ1) is 19.0. The number of hydrogen-bond donors (Lipinski definition) is 3. The van der Waals surface area contributed by atoms with Gasteiger partial charge in [0.25, 0.3) is 0 Å². The van der Waals surface area contributed by atoms with E-state index in [9.17, 15) is 15.3 Å². The number of benzene rings is 2. The molecule has 3 N–H and O–H groups in total. The molecule has 1 aliphatic carbocycles. The summed E-state index contributed by atoms with van der Waals surface area (Å²) < 4.78 is 15.9. The minimum absolute atomic E-state index is 0.0184. The fraction of sp³-hybridized carbons (Fsp3) is 0.429. The summed E-state index contributed by atoms with van der Waals surface area (Å²) in [5.41, 5.74) is 2.52. The lowest BCUT2D eigenvalue weighted by Gasteiger charge is -2.29. The smallest absolute Gasteiger partial charge is 0.203 e. The monoisotopic (exact) mass is 374 g/mol. The van der Waals surface area contributed by atoms with Crippen molar-refractivity contribution >= 4 is 0 Å². The first-order valence-electron chi connectivity index (χ1n) is 8.92. The summed E-state index contributed by atoms with van der Waals surface area (Å²) in [5, 5.41) is 32.1. The van der Waals surface area contributed by atoms with Gasteiger partial charge in [0.2, 0.25) is 11.5 Å². The fourth-order valence-electron chi connectivity index (χ4n) is 3.89. The summed E-state index contributed by atoms with van der Waals surface area (Å²) in [6.07, 6.45) is 1.35. The number of methoxy groups -OCH3 is 3. The molecular formula is C21H26O6. The first-order chi connectivity index (χ1) is 12.8. The topological polar surface area (TPSA) is 88.4 Å². The van der Waals surface area contributed by atoms with Crippen molar-refractivity contribution in [3.8, 4) is 45.6 Å². The Kier molecular flexibility index (Phi) is 5.00. The van der Waals surface area contributed by atoms with Crippen LogP contribution in [0.25, 0.3) is 11.1 Å². The van der Waals surface area contributed by atoms with Gasteiger partial charge in [-0.25, -0.2) is 0 Å². The van der Waals surface area contributed by atoms with Crippen LogP contribution in [0.15, 0.2) is 12.1 Å². The van der Waals surface area contributed by atoms with Gasteiger partial charge in [-0.1, -0.05) is 13.8 Å². The predicted molar refractivity (Wildman–Crippen MR) is 102 cm³/mol. The second-order valence-corrected chi connectivity index (χ2v) is 7.17. The molecule has 0 fully saturated rings. The minimum atomic E-state index is -0.196. The van der Waals surface area contributed by atoms with Crippen LogP contribution in [0.4, 0.5) is 0 Å². The second kappa shape index (κ2) is 7.10. The van der Waals surface area contributed by atoms with Gasteiger partial charge in [-0.05, 0) is 47.9 Å². The number of aromatic hydroxyl groups is 3. The molecule has 1 aliphatic rings. The van der Waals surface area contributed by atoms with Crippen LogP contribution in [-0.4, -0.2) is 36.6 Å². The third-order valence-corrected chi connectivity index (χ3v) is 5.55. The summed E-state index contributed by atoms with van der Waals surface area (Å²) >= 11 is 0. The molecule has 6 nitrogen and oxygen atoms in total. The van der Waals surface area contributed by atoms with Gasteiger partial charge in [0.05, 0.1) is 21.3 Å². The van der Waals surface area contributed by atoms with Gasteiger partial charge < -0.3 is 29.5 Å². The SMILES string of the molecule is COc1cc2c(c(O)c1OC)-c1c(cc(O)c(OC)c1O)C[C@@H](C)[C@@H](C)C2. The molecule has 0 saturated heterocycles. The lowest BCUT2D eigenvalue weighted by molar-refractivity contribution is 0.329. The van der Waals surface area contributed by atoms with E-state index in [1.807, 2.05) is 6.07 Å². The van der Waals surface area contributed by atoms with Crippen LogP contribution in [0, 0.1) is 11.8 Å². The van der Waals surface area contributed by atoms with Gasteiger partial charge in [-0.15, -0.1) is 0 Å². The summed E-state index contributed by atoms with van der Waals surface area (Å²) in [7, 11) is 4.35. The third-order valence-electron chi connectivity index (χ3n) is 5.55. The van der Waals surface area contributed by atoms with Gasteiger partial charge >= 0.3 is 0 Å². The number of hydrogen-bond acceptors (Lipinski definition) is 6. The summed E-state index contributed by atoms with van der Waals surface area (Å²) in [4.78, 5) is 0. The zero-order valence-electron chi connectivity index (χ0n) is 16.3. The van der Waals surface area contributed by atoms with Crippen molar-refractivity contribution in [3.05, 3.63) is 23.3 Å². The second-order valence-electron chi connectivity index (χ2n) is 7.17. The number of phenols is 3. The summed E-state index contributed by atoms with van der Waals surface area (Å²) in [5.74, 6) is 0.817. The number of rotatable bonds is 3. The molecular weight excluding hydrogens is 348 g/mol. The van der Waals surface area contributed by atoms with E-state index in [0.29, 0.717) is 41.6 Å². The molecule has 2 atom stereocenters. The van der Waals surface area contributed by atoms with Crippen LogP contribution < -0.4 is 14.2 Å². The Morgan fingerprint density at radius 1 is 0.741 bits per heavy atom. The van der Waals surface area contributed by atoms with E-state index < -0.39 is 0 Å².